The van der Waals surface area contributed by atoms with Gasteiger partial charge in [-0.25, -0.2) is 4.98 Å². The SMILES string of the molecule is Cc1nc(C)c(CCNC(=O)c2ccc(-n3cccc3)cc2)o1. The van der Waals surface area contributed by atoms with E-state index in [2.05, 4.69) is 10.3 Å². The third kappa shape index (κ3) is 3.51. The second kappa shape index (κ2) is 6.52. The molecule has 5 nitrogen and oxygen atoms in total. The molecule has 0 aliphatic heterocycles. The molecule has 0 saturated heterocycles. The molecule has 0 saturated carbocycles. The van der Waals surface area contributed by atoms with Crippen LogP contribution in [0.25, 0.3) is 5.69 Å². The Labute approximate surface area is 135 Å². The highest BCUT2D eigenvalue weighted by Gasteiger charge is 2.09. The van der Waals surface area contributed by atoms with Crippen molar-refractivity contribution in [2.75, 3.05) is 6.54 Å². The van der Waals surface area contributed by atoms with Crippen molar-refractivity contribution < 1.29 is 9.21 Å². The molecule has 2 heterocycles. The van der Waals surface area contributed by atoms with E-state index in [0.29, 0.717) is 24.4 Å². The maximum atomic E-state index is 12.2. The molecule has 0 atom stereocenters. The Morgan fingerprint density at radius 2 is 1.87 bits per heavy atom. The standard InChI is InChI=1S/C18H19N3O2/c1-13-17(23-14(2)20-13)9-10-19-18(22)15-5-7-16(8-6-15)21-11-3-4-12-21/h3-8,11-12H,9-10H2,1-2H3,(H,19,22). The van der Waals surface area contributed by atoms with Gasteiger partial charge in [0.15, 0.2) is 5.89 Å². The summed E-state index contributed by atoms with van der Waals surface area (Å²) in [7, 11) is 0. The van der Waals surface area contributed by atoms with Gasteiger partial charge in [0.05, 0.1) is 5.69 Å². The molecule has 2 aromatic heterocycles. The zero-order valence-corrected chi connectivity index (χ0v) is 13.2. The zero-order chi connectivity index (χ0) is 16.2. The van der Waals surface area contributed by atoms with Crippen LogP contribution >= 0.6 is 0 Å². The fourth-order valence-corrected chi connectivity index (χ4v) is 2.49. The Hall–Kier alpha value is -2.82. The first-order chi connectivity index (χ1) is 11.1. The molecule has 0 aliphatic carbocycles. The summed E-state index contributed by atoms with van der Waals surface area (Å²) in [5, 5.41) is 2.90. The predicted octanol–water partition coefficient (Wildman–Crippen LogP) is 3.05. The highest BCUT2D eigenvalue weighted by Crippen LogP contribution is 2.11. The molecule has 0 aliphatic rings. The third-order valence-corrected chi connectivity index (χ3v) is 3.67. The Morgan fingerprint density at radius 1 is 1.17 bits per heavy atom. The Kier molecular flexibility index (Phi) is 4.28. The van der Waals surface area contributed by atoms with Crippen LogP contribution in [0.5, 0.6) is 0 Å². The molecule has 118 valence electrons. The molecule has 3 aromatic rings. The first kappa shape index (κ1) is 15.1. The molecule has 0 bridgehead atoms. The van der Waals surface area contributed by atoms with Crippen molar-refractivity contribution in [2.24, 2.45) is 0 Å². The predicted molar refractivity (Wildman–Crippen MR) is 87.8 cm³/mol. The van der Waals surface area contributed by atoms with Crippen LogP contribution in [-0.4, -0.2) is 22.0 Å². The van der Waals surface area contributed by atoms with Crippen molar-refractivity contribution >= 4 is 5.91 Å². The van der Waals surface area contributed by atoms with E-state index in [1.807, 2.05) is 67.2 Å². The smallest absolute Gasteiger partial charge is 0.251 e. The number of carbonyl (C=O) groups excluding carboxylic acids is 1. The van der Waals surface area contributed by atoms with Crippen LogP contribution in [0.15, 0.2) is 53.2 Å². The van der Waals surface area contributed by atoms with E-state index in [9.17, 15) is 4.79 Å². The lowest BCUT2D eigenvalue weighted by atomic mass is 10.2. The highest BCUT2D eigenvalue weighted by molar-refractivity contribution is 5.94. The van der Waals surface area contributed by atoms with Crippen molar-refractivity contribution in [3.05, 3.63) is 71.7 Å². The third-order valence-electron chi connectivity index (χ3n) is 3.67. The van der Waals surface area contributed by atoms with E-state index in [4.69, 9.17) is 4.42 Å². The minimum atomic E-state index is -0.0852. The summed E-state index contributed by atoms with van der Waals surface area (Å²) < 4.78 is 7.49. The van der Waals surface area contributed by atoms with E-state index in [1.54, 1.807) is 0 Å². The largest absolute Gasteiger partial charge is 0.446 e. The number of aryl methyl sites for hydroxylation is 2. The Morgan fingerprint density at radius 3 is 2.48 bits per heavy atom. The van der Waals surface area contributed by atoms with Crippen LogP contribution in [-0.2, 0) is 6.42 Å². The number of hydrogen-bond donors (Lipinski definition) is 1. The molecule has 1 aromatic carbocycles. The Balaban J connectivity index is 1.57. The summed E-state index contributed by atoms with van der Waals surface area (Å²) in [4.78, 5) is 16.4. The maximum Gasteiger partial charge on any atom is 0.251 e. The summed E-state index contributed by atoms with van der Waals surface area (Å²) in [5.41, 5.74) is 2.55. The lowest BCUT2D eigenvalue weighted by Gasteiger charge is -2.06. The molecule has 3 rings (SSSR count). The fourth-order valence-electron chi connectivity index (χ4n) is 2.49. The van der Waals surface area contributed by atoms with Crippen molar-refractivity contribution in [3.8, 4) is 5.69 Å². The Bertz CT molecular complexity index is 786. The molecular formula is C18H19N3O2. The summed E-state index contributed by atoms with van der Waals surface area (Å²) in [5.74, 6) is 1.40. The number of rotatable bonds is 5. The number of nitrogens with one attached hydrogen (secondary N) is 1. The molecular weight excluding hydrogens is 290 g/mol. The van der Waals surface area contributed by atoms with Crippen LogP contribution < -0.4 is 5.32 Å². The van der Waals surface area contributed by atoms with Gasteiger partial charge in [-0.15, -0.1) is 0 Å². The molecule has 5 heteroatoms. The molecule has 1 N–H and O–H groups in total. The van der Waals surface area contributed by atoms with E-state index in [0.717, 1.165) is 17.1 Å². The normalized spacial score (nSPS) is 10.7. The van der Waals surface area contributed by atoms with Gasteiger partial charge in [-0.05, 0) is 43.3 Å². The van der Waals surface area contributed by atoms with Crippen LogP contribution in [0.4, 0.5) is 0 Å². The minimum absolute atomic E-state index is 0.0852. The van der Waals surface area contributed by atoms with Gasteiger partial charge < -0.3 is 14.3 Å². The van der Waals surface area contributed by atoms with Crippen molar-refractivity contribution in [1.29, 1.82) is 0 Å². The molecule has 0 unspecified atom stereocenters. The van der Waals surface area contributed by atoms with E-state index < -0.39 is 0 Å². The van der Waals surface area contributed by atoms with Gasteiger partial charge in [0.25, 0.3) is 5.91 Å². The lowest BCUT2D eigenvalue weighted by molar-refractivity contribution is 0.0953. The number of amides is 1. The fraction of sp³-hybridized carbons (Fsp3) is 0.222. The van der Waals surface area contributed by atoms with Crippen LogP contribution in [0, 0.1) is 13.8 Å². The molecule has 0 radical (unpaired) electrons. The number of carbonyl (C=O) groups is 1. The summed E-state index contributed by atoms with van der Waals surface area (Å²) in [6, 6.07) is 11.4. The van der Waals surface area contributed by atoms with Crippen molar-refractivity contribution in [2.45, 2.75) is 20.3 Å². The highest BCUT2D eigenvalue weighted by atomic mass is 16.4. The summed E-state index contributed by atoms with van der Waals surface area (Å²) in [6.45, 7) is 4.25. The molecule has 1 amide bonds. The first-order valence-corrected chi connectivity index (χ1v) is 7.58. The van der Waals surface area contributed by atoms with E-state index in [1.165, 1.54) is 0 Å². The topological polar surface area (TPSA) is 60.1 Å². The molecule has 0 fully saturated rings. The zero-order valence-electron chi connectivity index (χ0n) is 13.2. The van der Waals surface area contributed by atoms with Gasteiger partial charge in [0, 0.05) is 43.5 Å². The number of nitrogens with zero attached hydrogens (tertiary/aromatic N) is 2. The lowest BCUT2D eigenvalue weighted by Crippen LogP contribution is -2.25. The number of benzene rings is 1. The summed E-state index contributed by atoms with van der Waals surface area (Å²) >= 11 is 0. The van der Waals surface area contributed by atoms with E-state index in [-0.39, 0.29) is 5.91 Å². The van der Waals surface area contributed by atoms with Crippen molar-refractivity contribution in [3.63, 3.8) is 0 Å². The van der Waals surface area contributed by atoms with Crippen molar-refractivity contribution in [1.82, 2.24) is 14.9 Å². The second-order valence-corrected chi connectivity index (χ2v) is 5.38. The van der Waals surface area contributed by atoms with Crippen LogP contribution in [0.1, 0.15) is 27.7 Å². The molecule has 0 spiro atoms. The average molecular weight is 309 g/mol. The quantitative estimate of drug-likeness (QED) is 0.788. The minimum Gasteiger partial charge on any atom is -0.446 e. The monoisotopic (exact) mass is 309 g/mol. The van der Waals surface area contributed by atoms with Gasteiger partial charge in [0.2, 0.25) is 0 Å². The molecule has 23 heavy (non-hydrogen) atoms. The van der Waals surface area contributed by atoms with Gasteiger partial charge in [-0.3, -0.25) is 4.79 Å². The number of oxazole rings is 1. The number of hydrogen-bond acceptors (Lipinski definition) is 3. The van der Waals surface area contributed by atoms with Gasteiger partial charge in [0.1, 0.15) is 5.76 Å². The second-order valence-electron chi connectivity index (χ2n) is 5.38. The van der Waals surface area contributed by atoms with Gasteiger partial charge in [-0.2, -0.15) is 0 Å². The first-order valence-electron chi connectivity index (χ1n) is 7.58. The summed E-state index contributed by atoms with van der Waals surface area (Å²) in [6.07, 6.45) is 4.58. The average Bonchev–Trinajstić information content (AvgIpc) is 3.18. The maximum absolute atomic E-state index is 12.2. The number of aromatic nitrogens is 2. The van der Waals surface area contributed by atoms with Crippen LogP contribution in [0.2, 0.25) is 0 Å². The van der Waals surface area contributed by atoms with Crippen LogP contribution in [0.3, 0.4) is 0 Å². The van der Waals surface area contributed by atoms with Gasteiger partial charge in [-0.1, -0.05) is 0 Å². The van der Waals surface area contributed by atoms with E-state index >= 15 is 0 Å². The van der Waals surface area contributed by atoms with Gasteiger partial charge >= 0.3 is 0 Å².